The molecule has 4 heterocycles. The zero-order valence-corrected chi connectivity index (χ0v) is 15.7. The normalized spacial score (nSPS) is 21.3. The maximum Gasteiger partial charge on any atom is 0.160 e. The molecule has 4 rings (SSSR count). The van der Waals surface area contributed by atoms with Crippen molar-refractivity contribution >= 4 is 11.3 Å². The lowest BCUT2D eigenvalue weighted by atomic mass is 9.93. The van der Waals surface area contributed by atoms with Gasteiger partial charge in [0.05, 0.1) is 5.69 Å². The number of pyridine rings is 1. The molecule has 0 aromatic carbocycles. The maximum atomic E-state index is 4.62. The van der Waals surface area contributed by atoms with Gasteiger partial charge in [0, 0.05) is 44.3 Å². The first-order valence-electron chi connectivity index (χ1n) is 9.79. The molecule has 0 radical (unpaired) electrons. The minimum absolute atomic E-state index is 0.941. The minimum atomic E-state index is 0.941. The van der Waals surface area contributed by atoms with Gasteiger partial charge < -0.3 is 14.2 Å². The van der Waals surface area contributed by atoms with Crippen molar-refractivity contribution in [1.82, 2.24) is 19.2 Å². The summed E-state index contributed by atoms with van der Waals surface area (Å²) >= 11 is 0. The third-order valence-corrected chi connectivity index (χ3v) is 6.10. The van der Waals surface area contributed by atoms with E-state index in [2.05, 4.69) is 56.4 Å². The molecule has 5 heteroatoms. The van der Waals surface area contributed by atoms with E-state index in [1.54, 1.807) is 0 Å². The van der Waals surface area contributed by atoms with Crippen molar-refractivity contribution in [3.05, 3.63) is 30.2 Å². The summed E-state index contributed by atoms with van der Waals surface area (Å²) in [6.45, 7) is 10.5. The molecule has 2 aliphatic heterocycles. The van der Waals surface area contributed by atoms with Gasteiger partial charge in [0.15, 0.2) is 5.65 Å². The molecule has 2 aromatic rings. The fourth-order valence-electron chi connectivity index (χ4n) is 4.29. The fraction of sp³-hybridized carbons (Fsp3) is 0.650. The Balaban J connectivity index is 1.31. The number of hydrogen-bond acceptors (Lipinski definition) is 4. The number of piperidine rings is 1. The monoisotopic (exact) mass is 341 g/mol. The largest absolute Gasteiger partial charge is 0.366 e. The first-order chi connectivity index (χ1) is 12.2. The van der Waals surface area contributed by atoms with Gasteiger partial charge in [0.2, 0.25) is 0 Å². The van der Waals surface area contributed by atoms with Crippen LogP contribution in [0, 0.1) is 12.8 Å². The number of anilines is 1. The highest BCUT2D eigenvalue weighted by molar-refractivity contribution is 5.69. The maximum absolute atomic E-state index is 4.62. The van der Waals surface area contributed by atoms with Crippen molar-refractivity contribution in [3.63, 3.8) is 0 Å². The van der Waals surface area contributed by atoms with Crippen molar-refractivity contribution < 1.29 is 0 Å². The standard InChI is InChI=1S/C20H31N5/c1-17-16-21-20-19(4-3-8-25(17)20)24-14-12-23(13-15-24)11-7-18-5-9-22(2)10-6-18/h3-4,8,16,18H,5-7,9-15H2,1-2H3. The molecular formula is C20H31N5. The molecule has 5 nitrogen and oxygen atoms in total. The van der Waals surface area contributed by atoms with Crippen molar-refractivity contribution in [2.75, 3.05) is 57.8 Å². The van der Waals surface area contributed by atoms with Gasteiger partial charge in [-0.15, -0.1) is 0 Å². The van der Waals surface area contributed by atoms with Gasteiger partial charge in [0.25, 0.3) is 0 Å². The van der Waals surface area contributed by atoms with Crippen LogP contribution >= 0.6 is 0 Å². The van der Waals surface area contributed by atoms with Gasteiger partial charge in [-0.1, -0.05) is 0 Å². The number of aryl methyl sites for hydroxylation is 1. The van der Waals surface area contributed by atoms with E-state index in [0.29, 0.717) is 0 Å². The van der Waals surface area contributed by atoms with Crippen LogP contribution in [0.1, 0.15) is 25.0 Å². The molecule has 0 unspecified atom stereocenters. The summed E-state index contributed by atoms with van der Waals surface area (Å²) in [7, 11) is 2.25. The lowest BCUT2D eigenvalue weighted by molar-refractivity contribution is 0.182. The number of aromatic nitrogens is 2. The molecule has 0 aliphatic carbocycles. The van der Waals surface area contributed by atoms with Crippen LogP contribution in [-0.4, -0.2) is 72.0 Å². The van der Waals surface area contributed by atoms with Gasteiger partial charge in [-0.05, 0) is 70.9 Å². The quantitative estimate of drug-likeness (QED) is 0.854. The van der Waals surface area contributed by atoms with Crippen LogP contribution in [0.3, 0.4) is 0 Å². The Bertz CT molecular complexity index is 693. The van der Waals surface area contributed by atoms with Crippen LogP contribution in [-0.2, 0) is 0 Å². The van der Waals surface area contributed by atoms with Gasteiger partial charge in [-0.3, -0.25) is 4.90 Å². The molecule has 0 spiro atoms. The Morgan fingerprint density at radius 3 is 2.60 bits per heavy atom. The zero-order chi connectivity index (χ0) is 17.2. The molecule has 2 aliphatic rings. The van der Waals surface area contributed by atoms with Crippen LogP contribution < -0.4 is 4.90 Å². The van der Waals surface area contributed by atoms with Crippen LogP contribution in [0.15, 0.2) is 24.5 Å². The first-order valence-corrected chi connectivity index (χ1v) is 9.79. The zero-order valence-electron chi connectivity index (χ0n) is 15.7. The summed E-state index contributed by atoms with van der Waals surface area (Å²) in [5.41, 5.74) is 3.58. The minimum Gasteiger partial charge on any atom is -0.366 e. The molecule has 0 bridgehead atoms. The first kappa shape index (κ1) is 16.9. The Labute approximate surface area is 151 Å². The molecule has 2 saturated heterocycles. The lowest BCUT2D eigenvalue weighted by Crippen LogP contribution is -2.47. The average Bonchev–Trinajstić information content (AvgIpc) is 3.03. The van der Waals surface area contributed by atoms with E-state index in [1.807, 2.05) is 6.20 Å². The number of hydrogen-bond donors (Lipinski definition) is 0. The van der Waals surface area contributed by atoms with Gasteiger partial charge in [-0.2, -0.15) is 0 Å². The number of likely N-dealkylation sites (tertiary alicyclic amines) is 1. The highest BCUT2D eigenvalue weighted by atomic mass is 15.3. The molecular weight excluding hydrogens is 310 g/mol. The van der Waals surface area contributed by atoms with Gasteiger partial charge in [-0.25, -0.2) is 4.98 Å². The number of imidazole rings is 1. The van der Waals surface area contributed by atoms with Crippen LogP contribution in [0.5, 0.6) is 0 Å². The average molecular weight is 342 g/mol. The van der Waals surface area contributed by atoms with E-state index >= 15 is 0 Å². The van der Waals surface area contributed by atoms with Crippen molar-refractivity contribution in [2.45, 2.75) is 26.2 Å². The van der Waals surface area contributed by atoms with E-state index < -0.39 is 0 Å². The topological polar surface area (TPSA) is 27.0 Å². The summed E-state index contributed by atoms with van der Waals surface area (Å²) in [4.78, 5) is 12.3. The van der Waals surface area contributed by atoms with E-state index in [0.717, 1.165) is 24.7 Å². The van der Waals surface area contributed by atoms with Gasteiger partial charge in [0.1, 0.15) is 0 Å². The molecule has 136 valence electrons. The van der Waals surface area contributed by atoms with Crippen LogP contribution in [0.2, 0.25) is 0 Å². The Kier molecular flexibility index (Phi) is 4.95. The molecule has 25 heavy (non-hydrogen) atoms. The summed E-state index contributed by atoms with van der Waals surface area (Å²) in [6.07, 6.45) is 8.23. The molecule has 0 amide bonds. The van der Waals surface area contributed by atoms with E-state index in [1.165, 1.54) is 63.4 Å². The Hall–Kier alpha value is -1.59. The third kappa shape index (κ3) is 3.67. The second-order valence-corrected chi connectivity index (χ2v) is 7.85. The van der Waals surface area contributed by atoms with Crippen molar-refractivity contribution in [2.24, 2.45) is 5.92 Å². The van der Waals surface area contributed by atoms with Crippen LogP contribution in [0.4, 0.5) is 5.69 Å². The number of fused-ring (bicyclic) bond motifs is 1. The number of piperazine rings is 1. The Morgan fingerprint density at radius 1 is 1.08 bits per heavy atom. The summed E-state index contributed by atoms with van der Waals surface area (Å²) < 4.78 is 2.20. The lowest BCUT2D eigenvalue weighted by Gasteiger charge is -2.37. The van der Waals surface area contributed by atoms with Crippen LogP contribution in [0.25, 0.3) is 5.65 Å². The van der Waals surface area contributed by atoms with Crippen molar-refractivity contribution in [1.29, 1.82) is 0 Å². The smallest absolute Gasteiger partial charge is 0.160 e. The fourth-order valence-corrected chi connectivity index (χ4v) is 4.29. The second kappa shape index (κ2) is 7.34. The van der Waals surface area contributed by atoms with E-state index in [-0.39, 0.29) is 0 Å². The summed E-state index contributed by atoms with van der Waals surface area (Å²) in [5.74, 6) is 0.941. The van der Waals surface area contributed by atoms with E-state index in [4.69, 9.17) is 0 Å². The number of nitrogens with zero attached hydrogens (tertiary/aromatic N) is 5. The number of rotatable bonds is 4. The highest BCUT2D eigenvalue weighted by Crippen LogP contribution is 2.24. The predicted octanol–water partition coefficient (Wildman–Crippen LogP) is 2.50. The Morgan fingerprint density at radius 2 is 1.84 bits per heavy atom. The van der Waals surface area contributed by atoms with Crippen molar-refractivity contribution in [3.8, 4) is 0 Å². The summed E-state index contributed by atoms with van der Waals surface area (Å²) in [5, 5.41) is 0. The molecule has 0 N–H and O–H groups in total. The molecule has 0 saturated carbocycles. The second-order valence-electron chi connectivity index (χ2n) is 7.85. The highest BCUT2D eigenvalue weighted by Gasteiger charge is 2.22. The molecule has 2 aromatic heterocycles. The van der Waals surface area contributed by atoms with E-state index in [9.17, 15) is 0 Å². The molecule has 0 atom stereocenters. The molecule has 2 fully saturated rings. The SMILES string of the molecule is Cc1cnc2c(N3CCN(CCC4CCN(C)CC4)CC3)cccn12. The summed E-state index contributed by atoms with van der Waals surface area (Å²) in [6, 6.07) is 4.36. The predicted molar refractivity (Wildman–Crippen MR) is 103 cm³/mol. The third-order valence-electron chi connectivity index (χ3n) is 6.10. The van der Waals surface area contributed by atoms with Gasteiger partial charge >= 0.3 is 0 Å².